The number of ether oxygens (including phenoxy) is 2. The fraction of sp³-hybridized carbons (Fsp3) is 0.800. The van der Waals surface area contributed by atoms with Crippen molar-refractivity contribution in [2.45, 2.75) is 19.1 Å². The molecule has 0 amide bonds. The van der Waals surface area contributed by atoms with E-state index in [1.807, 2.05) is 0 Å². The number of hydrogen-bond donors (Lipinski definition) is 0. The minimum Gasteiger partial charge on any atom is -0.352 e. The third-order valence-corrected chi connectivity index (χ3v) is 1.01. The Morgan fingerprint density at radius 2 is 2.20 bits per heavy atom. The van der Waals surface area contributed by atoms with Gasteiger partial charge in [-0.1, -0.05) is 0 Å². The van der Waals surface area contributed by atoms with Crippen molar-refractivity contribution in [2.75, 3.05) is 6.61 Å². The van der Waals surface area contributed by atoms with Crippen LogP contribution in [0.1, 0.15) is 6.42 Å². The Hall–Kier alpha value is -0.290. The monoisotopic (exact) mass is 155 g/mol. The van der Waals surface area contributed by atoms with E-state index in [0.29, 0.717) is 13.0 Å². The van der Waals surface area contributed by atoms with Gasteiger partial charge >= 0.3 is 6.36 Å². The second-order valence-electron chi connectivity index (χ2n) is 1.83. The maximum absolute atomic E-state index is 11.4. The van der Waals surface area contributed by atoms with E-state index < -0.39 is 12.7 Å². The second kappa shape index (κ2) is 2.75. The molecule has 1 saturated heterocycles. The molecule has 0 N–H and O–H groups in total. The largest absolute Gasteiger partial charge is 0.524 e. The van der Waals surface area contributed by atoms with E-state index in [0.717, 1.165) is 0 Å². The lowest BCUT2D eigenvalue weighted by Crippen LogP contribution is -2.22. The fourth-order valence-electron chi connectivity index (χ4n) is 0.670. The molecule has 2 nitrogen and oxygen atoms in total. The smallest absolute Gasteiger partial charge is 0.352 e. The lowest BCUT2D eigenvalue weighted by molar-refractivity contribution is -0.366. The van der Waals surface area contributed by atoms with Gasteiger partial charge in [0, 0.05) is 6.42 Å². The molecule has 1 atom stereocenters. The normalized spacial score (nSPS) is 27.3. The number of rotatable bonds is 1. The van der Waals surface area contributed by atoms with E-state index in [1.165, 1.54) is 6.42 Å². The van der Waals surface area contributed by atoms with Crippen LogP contribution in [-0.4, -0.2) is 19.3 Å². The van der Waals surface area contributed by atoms with E-state index in [1.54, 1.807) is 0 Å². The van der Waals surface area contributed by atoms with Crippen molar-refractivity contribution >= 4 is 0 Å². The Labute approximate surface area is 55.9 Å². The minimum atomic E-state index is -4.59. The summed E-state index contributed by atoms with van der Waals surface area (Å²) in [5.41, 5.74) is 0. The number of alkyl halides is 3. The van der Waals surface area contributed by atoms with Gasteiger partial charge in [-0.05, 0) is 6.42 Å². The molecule has 59 valence electrons. The summed E-state index contributed by atoms with van der Waals surface area (Å²) in [5, 5.41) is 0. The average Bonchev–Trinajstić information content (AvgIpc) is 2.12. The average molecular weight is 155 g/mol. The molecule has 0 saturated carbocycles. The van der Waals surface area contributed by atoms with E-state index in [-0.39, 0.29) is 0 Å². The molecular formula is C5H6F3O2. The van der Waals surface area contributed by atoms with E-state index in [2.05, 4.69) is 9.47 Å². The van der Waals surface area contributed by atoms with Crippen LogP contribution in [0.2, 0.25) is 0 Å². The van der Waals surface area contributed by atoms with Gasteiger partial charge in [0.05, 0.1) is 6.61 Å². The van der Waals surface area contributed by atoms with Gasteiger partial charge < -0.3 is 4.74 Å². The molecule has 1 radical (unpaired) electrons. The molecule has 5 heteroatoms. The van der Waals surface area contributed by atoms with Crippen LogP contribution in [-0.2, 0) is 9.47 Å². The number of halogens is 3. The third kappa shape index (κ3) is 2.53. The Morgan fingerprint density at radius 3 is 2.60 bits per heavy atom. The van der Waals surface area contributed by atoms with Gasteiger partial charge in [-0.2, -0.15) is 0 Å². The van der Waals surface area contributed by atoms with Gasteiger partial charge in [0.25, 0.3) is 0 Å². The van der Waals surface area contributed by atoms with Gasteiger partial charge in [-0.15, -0.1) is 13.2 Å². The molecule has 1 rings (SSSR count). The second-order valence-corrected chi connectivity index (χ2v) is 1.83. The first-order valence-electron chi connectivity index (χ1n) is 2.77. The SMILES string of the molecule is FC(F)(F)OC1[CH]CCO1. The summed E-state index contributed by atoms with van der Waals surface area (Å²) < 4.78 is 42.2. The Bertz CT molecular complexity index is 106. The summed E-state index contributed by atoms with van der Waals surface area (Å²) in [6.45, 7) is 0.306. The van der Waals surface area contributed by atoms with Gasteiger partial charge in [0.15, 0.2) is 6.29 Å². The quantitative estimate of drug-likeness (QED) is 0.570. The lowest BCUT2D eigenvalue weighted by atomic mass is 10.4. The summed E-state index contributed by atoms with van der Waals surface area (Å²) in [5.74, 6) is 0. The summed E-state index contributed by atoms with van der Waals surface area (Å²) in [4.78, 5) is 0. The van der Waals surface area contributed by atoms with Crippen LogP contribution in [0.15, 0.2) is 0 Å². The fourth-order valence-corrected chi connectivity index (χ4v) is 0.670. The van der Waals surface area contributed by atoms with Crippen LogP contribution >= 0.6 is 0 Å². The standard InChI is InChI=1S/C5H6F3O2/c6-5(7,8)10-4-2-1-3-9-4/h2,4H,1,3H2. The van der Waals surface area contributed by atoms with E-state index in [9.17, 15) is 13.2 Å². The third-order valence-electron chi connectivity index (χ3n) is 1.01. The van der Waals surface area contributed by atoms with Crippen LogP contribution in [0, 0.1) is 6.42 Å². The van der Waals surface area contributed by atoms with Crippen LogP contribution in [0.4, 0.5) is 13.2 Å². The zero-order chi connectivity index (χ0) is 7.61. The van der Waals surface area contributed by atoms with Gasteiger partial charge in [-0.25, -0.2) is 0 Å². The van der Waals surface area contributed by atoms with Crippen LogP contribution < -0.4 is 0 Å². The summed E-state index contributed by atoms with van der Waals surface area (Å²) in [7, 11) is 0. The maximum atomic E-state index is 11.4. The first kappa shape index (κ1) is 7.81. The summed E-state index contributed by atoms with van der Waals surface area (Å²) in [6, 6.07) is 0. The topological polar surface area (TPSA) is 18.5 Å². The molecule has 1 aliphatic heterocycles. The van der Waals surface area contributed by atoms with Crippen molar-refractivity contribution in [3.05, 3.63) is 6.42 Å². The lowest BCUT2D eigenvalue weighted by Gasteiger charge is -2.12. The molecule has 1 heterocycles. The van der Waals surface area contributed by atoms with Crippen LogP contribution in [0.3, 0.4) is 0 Å². The Morgan fingerprint density at radius 1 is 1.50 bits per heavy atom. The van der Waals surface area contributed by atoms with Gasteiger partial charge in [0.2, 0.25) is 0 Å². The highest BCUT2D eigenvalue weighted by Gasteiger charge is 2.35. The zero-order valence-corrected chi connectivity index (χ0v) is 5.02. The van der Waals surface area contributed by atoms with Crippen molar-refractivity contribution < 1.29 is 22.6 Å². The van der Waals surface area contributed by atoms with Crippen LogP contribution in [0.25, 0.3) is 0 Å². The van der Waals surface area contributed by atoms with Crippen molar-refractivity contribution in [1.29, 1.82) is 0 Å². The Kier molecular flexibility index (Phi) is 2.15. The molecular weight excluding hydrogens is 149 g/mol. The van der Waals surface area contributed by atoms with E-state index in [4.69, 9.17) is 0 Å². The molecule has 0 aromatic rings. The predicted octanol–water partition coefficient (Wildman–Crippen LogP) is 1.47. The summed E-state index contributed by atoms with van der Waals surface area (Å²) in [6.07, 6.45) is -3.93. The Balaban J connectivity index is 2.24. The molecule has 10 heavy (non-hydrogen) atoms. The van der Waals surface area contributed by atoms with Crippen LogP contribution in [0.5, 0.6) is 0 Å². The number of hydrogen-bond acceptors (Lipinski definition) is 2. The molecule has 1 unspecified atom stereocenters. The molecule has 0 aromatic carbocycles. The van der Waals surface area contributed by atoms with Crippen molar-refractivity contribution in [3.63, 3.8) is 0 Å². The van der Waals surface area contributed by atoms with E-state index >= 15 is 0 Å². The van der Waals surface area contributed by atoms with Crippen molar-refractivity contribution in [2.24, 2.45) is 0 Å². The molecule has 0 aliphatic carbocycles. The maximum Gasteiger partial charge on any atom is 0.524 e. The highest BCUT2D eigenvalue weighted by atomic mass is 19.4. The zero-order valence-electron chi connectivity index (χ0n) is 5.02. The predicted molar refractivity (Wildman–Crippen MR) is 25.8 cm³/mol. The molecule has 1 aliphatic rings. The minimum absolute atomic E-state index is 0.306. The molecule has 1 fully saturated rings. The van der Waals surface area contributed by atoms with Crippen molar-refractivity contribution in [3.8, 4) is 0 Å². The summed E-state index contributed by atoms with van der Waals surface area (Å²) >= 11 is 0. The highest BCUT2D eigenvalue weighted by Crippen LogP contribution is 2.23. The van der Waals surface area contributed by atoms with Gasteiger partial charge in [-0.3, -0.25) is 4.74 Å². The molecule has 0 spiro atoms. The first-order chi connectivity index (χ1) is 4.58. The van der Waals surface area contributed by atoms with Crippen molar-refractivity contribution in [1.82, 2.24) is 0 Å². The first-order valence-corrected chi connectivity index (χ1v) is 2.77. The molecule has 0 bridgehead atoms. The highest BCUT2D eigenvalue weighted by molar-refractivity contribution is 4.75. The molecule has 0 aromatic heterocycles. The van der Waals surface area contributed by atoms with Gasteiger partial charge in [0.1, 0.15) is 0 Å².